The van der Waals surface area contributed by atoms with Crippen LogP contribution in [0.2, 0.25) is 0 Å². The topological polar surface area (TPSA) is 63.7 Å². The first-order chi connectivity index (χ1) is 14.1. The molecule has 0 aliphatic carbocycles. The molecule has 0 atom stereocenters. The highest BCUT2D eigenvalue weighted by molar-refractivity contribution is 6.07. The maximum Gasteiger partial charge on any atom is 0.259 e. The van der Waals surface area contributed by atoms with Gasteiger partial charge in [0.1, 0.15) is 22.8 Å². The van der Waals surface area contributed by atoms with Crippen molar-refractivity contribution in [3.63, 3.8) is 0 Å². The van der Waals surface area contributed by atoms with Crippen molar-refractivity contribution in [3.05, 3.63) is 53.8 Å². The largest absolute Gasteiger partial charge is 0.497 e. The third-order valence-electron chi connectivity index (χ3n) is 5.07. The number of carbonyl (C=O) groups excluding carboxylic acids is 1. The van der Waals surface area contributed by atoms with E-state index in [2.05, 4.69) is 15.2 Å². The molecule has 1 amide bonds. The molecule has 0 spiro atoms. The molecule has 3 aromatic rings. The molecule has 2 heterocycles. The number of anilines is 2. The molecule has 1 aromatic heterocycles. The lowest BCUT2D eigenvalue weighted by Gasteiger charge is -2.17. The molecule has 1 aliphatic rings. The number of nitrogens with one attached hydrogen (secondary N) is 1. The number of amides is 1. The summed E-state index contributed by atoms with van der Waals surface area (Å²) >= 11 is 0. The van der Waals surface area contributed by atoms with E-state index in [1.54, 1.807) is 24.3 Å². The molecule has 6 nitrogen and oxygen atoms in total. The van der Waals surface area contributed by atoms with Crippen LogP contribution in [0.15, 0.2) is 42.5 Å². The Labute approximate surface area is 168 Å². The van der Waals surface area contributed by atoms with Gasteiger partial charge >= 0.3 is 0 Å². The Balaban J connectivity index is 1.61. The number of pyridine rings is 1. The molecule has 2 aromatic carbocycles. The lowest BCUT2D eigenvalue weighted by molar-refractivity contribution is 0.102. The van der Waals surface area contributed by atoms with Gasteiger partial charge in [0, 0.05) is 30.2 Å². The van der Waals surface area contributed by atoms with E-state index in [-0.39, 0.29) is 0 Å². The Hall–Kier alpha value is -3.35. The molecule has 150 valence electrons. The van der Waals surface area contributed by atoms with Crippen LogP contribution in [0.5, 0.6) is 11.5 Å². The van der Waals surface area contributed by atoms with Gasteiger partial charge in [0.15, 0.2) is 5.82 Å². The monoisotopic (exact) mass is 395 g/mol. The van der Waals surface area contributed by atoms with Crippen molar-refractivity contribution in [1.29, 1.82) is 0 Å². The van der Waals surface area contributed by atoms with Gasteiger partial charge in [0.25, 0.3) is 5.91 Å². The van der Waals surface area contributed by atoms with Gasteiger partial charge in [0.2, 0.25) is 0 Å². The van der Waals surface area contributed by atoms with Crippen LogP contribution in [0, 0.1) is 5.82 Å². The van der Waals surface area contributed by atoms with Crippen LogP contribution < -0.4 is 19.7 Å². The lowest BCUT2D eigenvalue weighted by atomic mass is 10.1. The summed E-state index contributed by atoms with van der Waals surface area (Å²) < 4.78 is 25.2. The minimum Gasteiger partial charge on any atom is -0.497 e. The van der Waals surface area contributed by atoms with Gasteiger partial charge in [-0.3, -0.25) is 4.79 Å². The molecule has 4 rings (SSSR count). The molecule has 0 radical (unpaired) electrons. The normalized spacial score (nSPS) is 13.6. The fraction of sp³-hybridized carbons (Fsp3) is 0.273. The van der Waals surface area contributed by atoms with Crippen LogP contribution in [0.1, 0.15) is 23.2 Å². The highest BCUT2D eigenvalue weighted by Crippen LogP contribution is 2.28. The first-order valence-corrected chi connectivity index (χ1v) is 9.47. The number of hydrogen-bond donors (Lipinski definition) is 1. The van der Waals surface area contributed by atoms with Crippen molar-refractivity contribution in [3.8, 4) is 11.5 Å². The van der Waals surface area contributed by atoms with Gasteiger partial charge < -0.3 is 19.7 Å². The zero-order valence-corrected chi connectivity index (χ0v) is 16.4. The number of aromatic nitrogens is 1. The smallest absolute Gasteiger partial charge is 0.259 e. The van der Waals surface area contributed by atoms with Crippen molar-refractivity contribution in [2.24, 2.45) is 0 Å². The van der Waals surface area contributed by atoms with Crippen LogP contribution in [0.3, 0.4) is 0 Å². The van der Waals surface area contributed by atoms with Crippen molar-refractivity contribution < 1.29 is 18.7 Å². The lowest BCUT2D eigenvalue weighted by Crippen LogP contribution is -2.18. The van der Waals surface area contributed by atoms with E-state index in [0.717, 1.165) is 31.7 Å². The summed E-state index contributed by atoms with van der Waals surface area (Å²) in [4.78, 5) is 19.3. The maximum absolute atomic E-state index is 14.7. The third-order valence-corrected chi connectivity index (χ3v) is 5.07. The summed E-state index contributed by atoms with van der Waals surface area (Å²) in [5.74, 6) is 0.870. The average Bonchev–Trinajstić information content (AvgIpc) is 3.28. The molecule has 1 fully saturated rings. The number of rotatable bonds is 5. The Morgan fingerprint density at radius 1 is 1.07 bits per heavy atom. The molecule has 1 aliphatic heterocycles. The van der Waals surface area contributed by atoms with Crippen molar-refractivity contribution in [2.45, 2.75) is 12.8 Å². The summed E-state index contributed by atoms with van der Waals surface area (Å²) in [6, 6.07) is 11.6. The number of fused-ring (bicyclic) bond motifs is 1. The molecule has 7 heteroatoms. The summed E-state index contributed by atoms with van der Waals surface area (Å²) in [6.07, 6.45) is 2.25. The number of nitrogens with zero attached hydrogens (tertiary/aromatic N) is 2. The first-order valence-electron chi connectivity index (χ1n) is 9.47. The van der Waals surface area contributed by atoms with Gasteiger partial charge in [-0.25, -0.2) is 9.37 Å². The second-order valence-corrected chi connectivity index (χ2v) is 6.91. The van der Waals surface area contributed by atoms with Crippen LogP contribution in [0.4, 0.5) is 15.9 Å². The van der Waals surface area contributed by atoms with Crippen molar-refractivity contribution in [2.75, 3.05) is 37.5 Å². The molecule has 0 saturated carbocycles. The SMILES string of the molecule is COc1ccc(C(=O)Nc2cc(F)c3nc(N4CCCC4)ccc3c2)c(OC)c1. The standard InChI is InChI=1S/C22H22FN3O3/c1-28-16-6-7-17(19(13-16)29-2)22(27)24-15-11-14-5-8-20(26-9-3-4-10-26)25-21(14)18(23)12-15/h5-8,11-13H,3-4,9-10H2,1-2H3,(H,24,27). The van der Waals surface area contributed by atoms with Crippen LogP contribution in [-0.4, -0.2) is 38.2 Å². The molecule has 0 bridgehead atoms. The summed E-state index contributed by atoms with van der Waals surface area (Å²) in [5.41, 5.74) is 0.985. The highest BCUT2D eigenvalue weighted by atomic mass is 19.1. The predicted molar refractivity (Wildman–Crippen MR) is 111 cm³/mol. The minimum atomic E-state index is -0.472. The first kappa shape index (κ1) is 19.0. The third kappa shape index (κ3) is 3.81. The van der Waals surface area contributed by atoms with E-state index in [9.17, 15) is 9.18 Å². The summed E-state index contributed by atoms with van der Waals surface area (Å²) in [7, 11) is 3.01. The second-order valence-electron chi connectivity index (χ2n) is 6.91. The number of halogens is 1. The average molecular weight is 395 g/mol. The van der Waals surface area contributed by atoms with Crippen molar-refractivity contribution in [1.82, 2.24) is 4.98 Å². The number of ether oxygens (including phenoxy) is 2. The number of benzene rings is 2. The van der Waals surface area contributed by atoms with Crippen molar-refractivity contribution >= 4 is 28.3 Å². The van der Waals surface area contributed by atoms with E-state index in [0.29, 0.717) is 33.7 Å². The highest BCUT2D eigenvalue weighted by Gasteiger charge is 2.17. The van der Waals surface area contributed by atoms with Crippen LogP contribution in [0.25, 0.3) is 10.9 Å². The molecule has 1 saturated heterocycles. The number of carbonyl (C=O) groups is 1. The Morgan fingerprint density at radius 2 is 1.86 bits per heavy atom. The van der Waals surface area contributed by atoms with Crippen LogP contribution >= 0.6 is 0 Å². The van der Waals surface area contributed by atoms with Gasteiger partial charge in [-0.05, 0) is 49.2 Å². The fourth-order valence-electron chi connectivity index (χ4n) is 3.56. The van der Waals surface area contributed by atoms with E-state index >= 15 is 0 Å². The zero-order chi connectivity index (χ0) is 20.4. The van der Waals surface area contributed by atoms with Gasteiger partial charge in [-0.1, -0.05) is 0 Å². The molecular formula is C22H22FN3O3. The number of hydrogen-bond acceptors (Lipinski definition) is 5. The second kappa shape index (κ2) is 7.95. The molecule has 29 heavy (non-hydrogen) atoms. The predicted octanol–water partition coefficient (Wildman–Crippen LogP) is 4.24. The fourth-order valence-corrected chi connectivity index (χ4v) is 3.56. The van der Waals surface area contributed by atoms with E-state index in [1.165, 1.54) is 20.3 Å². The van der Waals surface area contributed by atoms with E-state index in [4.69, 9.17) is 9.47 Å². The van der Waals surface area contributed by atoms with Gasteiger partial charge in [-0.15, -0.1) is 0 Å². The summed E-state index contributed by atoms with van der Waals surface area (Å²) in [5, 5.41) is 3.36. The molecule has 1 N–H and O–H groups in total. The van der Waals surface area contributed by atoms with E-state index < -0.39 is 11.7 Å². The maximum atomic E-state index is 14.7. The molecule has 0 unspecified atom stereocenters. The Kier molecular flexibility index (Phi) is 5.20. The summed E-state index contributed by atoms with van der Waals surface area (Å²) in [6.45, 7) is 1.88. The minimum absolute atomic E-state index is 0.300. The Bertz CT molecular complexity index is 1060. The number of methoxy groups -OCH3 is 2. The quantitative estimate of drug-likeness (QED) is 0.700. The molecular weight excluding hydrogens is 373 g/mol. The van der Waals surface area contributed by atoms with Gasteiger partial charge in [-0.2, -0.15) is 0 Å². The zero-order valence-electron chi connectivity index (χ0n) is 16.4. The van der Waals surface area contributed by atoms with Crippen LogP contribution in [-0.2, 0) is 0 Å². The van der Waals surface area contributed by atoms with Gasteiger partial charge in [0.05, 0.1) is 19.8 Å². The Morgan fingerprint density at radius 3 is 2.59 bits per heavy atom. The van der Waals surface area contributed by atoms with E-state index in [1.807, 2.05) is 12.1 Å².